The van der Waals surface area contributed by atoms with Gasteiger partial charge < -0.3 is 10.4 Å². The summed E-state index contributed by atoms with van der Waals surface area (Å²) in [6.45, 7) is 10.4. The van der Waals surface area contributed by atoms with Gasteiger partial charge in [-0.1, -0.05) is 32.0 Å². The van der Waals surface area contributed by atoms with Gasteiger partial charge in [0.15, 0.2) is 0 Å². The molecule has 1 aliphatic rings. The molecule has 0 aliphatic carbocycles. The minimum absolute atomic E-state index is 0.212. The van der Waals surface area contributed by atoms with Crippen LogP contribution < -0.4 is 5.32 Å². The number of fused-ring (bicyclic) bond motifs is 1. The zero-order chi connectivity index (χ0) is 12.1. The number of aryl methyl sites for hydroxylation is 1. The van der Waals surface area contributed by atoms with E-state index in [4.69, 9.17) is 0 Å². The summed E-state index contributed by atoms with van der Waals surface area (Å²) in [5.74, 6) is 0. The van der Waals surface area contributed by atoms with Crippen molar-refractivity contribution in [3.8, 4) is 0 Å². The number of rotatable bonds is 0. The highest BCUT2D eigenvalue weighted by Gasteiger charge is 2.46. The standard InChI is InChI=1S/C14H21NO/c1-9-7-6-8-10-11(9)15-14(4,5)12(16)13(10,2)3/h6-8,12,15-16H,1-5H3. The molecule has 0 saturated heterocycles. The third-order valence-corrected chi connectivity index (χ3v) is 3.78. The maximum absolute atomic E-state index is 10.4. The number of hydrogen-bond donors (Lipinski definition) is 2. The van der Waals surface area contributed by atoms with Gasteiger partial charge in [-0.3, -0.25) is 0 Å². The van der Waals surface area contributed by atoms with Crippen LogP contribution in [0, 0.1) is 6.92 Å². The Morgan fingerprint density at radius 1 is 1.19 bits per heavy atom. The van der Waals surface area contributed by atoms with Gasteiger partial charge in [0, 0.05) is 11.1 Å². The van der Waals surface area contributed by atoms with Crippen molar-refractivity contribution in [1.82, 2.24) is 0 Å². The second kappa shape index (κ2) is 3.24. The monoisotopic (exact) mass is 219 g/mol. The van der Waals surface area contributed by atoms with E-state index in [0.717, 1.165) is 0 Å². The van der Waals surface area contributed by atoms with E-state index in [9.17, 15) is 5.11 Å². The second-order valence-corrected chi connectivity index (χ2v) is 5.97. The lowest BCUT2D eigenvalue weighted by atomic mass is 9.68. The van der Waals surface area contributed by atoms with E-state index in [-0.39, 0.29) is 11.0 Å². The number of hydrogen-bond acceptors (Lipinski definition) is 2. The zero-order valence-electron chi connectivity index (χ0n) is 10.8. The normalized spacial score (nSPS) is 25.8. The summed E-state index contributed by atoms with van der Waals surface area (Å²) in [6.07, 6.45) is -0.394. The van der Waals surface area contributed by atoms with Crippen LogP contribution >= 0.6 is 0 Å². The number of nitrogens with one attached hydrogen (secondary N) is 1. The number of aliphatic hydroxyl groups is 1. The van der Waals surface area contributed by atoms with E-state index in [1.807, 2.05) is 0 Å². The Hall–Kier alpha value is -1.02. The smallest absolute Gasteiger partial charge is 0.0855 e. The van der Waals surface area contributed by atoms with Crippen molar-refractivity contribution >= 4 is 5.69 Å². The van der Waals surface area contributed by atoms with E-state index < -0.39 is 6.10 Å². The molecule has 1 unspecified atom stereocenters. The van der Waals surface area contributed by atoms with Gasteiger partial charge in [-0.25, -0.2) is 0 Å². The SMILES string of the molecule is Cc1cccc2c1NC(C)(C)C(O)C2(C)C. The van der Waals surface area contributed by atoms with E-state index >= 15 is 0 Å². The molecule has 2 nitrogen and oxygen atoms in total. The van der Waals surface area contributed by atoms with Crippen LogP contribution in [0.25, 0.3) is 0 Å². The third-order valence-electron chi connectivity index (χ3n) is 3.78. The molecule has 16 heavy (non-hydrogen) atoms. The van der Waals surface area contributed by atoms with Crippen LogP contribution in [-0.4, -0.2) is 16.7 Å². The predicted molar refractivity (Wildman–Crippen MR) is 67.9 cm³/mol. The summed E-state index contributed by atoms with van der Waals surface area (Å²) in [5, 5.41) is 13.9. The van der Waals surface area contributed by atoms with Crippen LogP contribution in [0.15, 0.2) is 18.2 Å². The van der Waals surface area contributed by atoms with Gasteiger partial charge in [0.1, 0.15) is 0 Å². The Kier molecular flexibility index (Phi) is 2.32. The number of anilines is 1. The van der Waals surface area contributed by atoms with Crippen LogP contribution in [0.5, 0.6) is 0 Å². The lowest BCUT2D eigenvalue weighted by Gasteiger charge is -2.48. The Bertz CT molecular complexity index is 421. The topological polar surface area (TPSA) is 32.3 Å². The molecule has 2 heteroatoms. The van der Waals surface area contributed by atoms with E-state index in [2.05, 4.69) is 58.1 Å². The molecule has 1 heterocycles. The van der Waals surface area contributed by atoms with Gasteiger partial charge in [0.25, 0.3) is 0 Å². The molecule has 2 N–H and O–H groups in total. The molecule has 1 atom stereocenters. The fraction of sp³-hybridized carbons (Fsp3) is 0.571. The highest BCUT2D eigenvalue weighted by molar-refractivity contribution is 5.64. The molecule has 2 rings (SSSR count). The first kappa shape index (κ1) is 11.5. The summed E-state index contributed by atoms with van der Waals surface area (Å²) in [4.78, 5) is 0. The zero-order valence-corrected chi connectivity index (χ0v) is 10.8. The Morgan fingerprint density at radius 2 is 1.81 bits per heavy atom. The van der Waals surface area contributed by atoms with Gasteiger partial charge in [-0.05, 0) is 31.9 Å². The highest BCUT2D eigenvalue weighted by atomic mass is 16.3. The van der Waals surface area contributed by atoms with Crippen LogP contribution in [0.4, 0.5) is 5.69 Å². The van der Waals surface area contributed by atoms with Crippen LogP contribution in [0.1, 0.15) is 38.8 Å². The Labute approximate surface area is 97.7 Å². The lowest BCUT2D eigenvalue weighted by molar-refractivity contribution is 0.0433. The highest BCUT2D eigenvalue weighted by Crippen LogP contribution is 2.44. The molecule has 0 spiro atoms. The molecule has 0 radical (unpaired) electrons. The largest absolute Gasteiger partial charge is 0.390 e. The van der Waals surface area contributed by atoms with Crippen LogP contribution in [0.2, 0.25) is 0 Å². The summed E-state index contributed by atoms with van der Waals surface area (Å²) in [5.41, 5.74) is 3.13. The van der Waals surface area contributed by atoms with Crippen molar-refractivity contribution in [2.24, 2.45) is 0 Å². The molecule has 0 fully saturated rings. The molecule has 1 aromatic rings. The van der Waals surface area contributed by atoms with E-state index in [1.165, 1.54) is 16.8 Å². The lowest BCUT2D eigenvalue weighted by Crippen LogP contribution is -2.57. The first-order chi connectivity index (χ1) is 7.27. The summed E-state index contributed by atoms with van der Waals surface area (Å²) >= 11 is 0. The minimum Gasteiger partial charge on any atom is -0.390 e. The van der Waals surface area contributed by atoms with Crippen molar-refractivity contribution in [2.75, 3.05) is 5.32 Å². The second-order valence-electron chi connectivity index (χ2n) is 5.97. The van der Waals surface area contributed by atoms with Gasteiger partial charge >= 0.3 is 0 Å². The molecule has 1 aliphatic heterocycles. The first-order valence-electron chi connectivity index (χ1n) is 5.83. The molecule has 88 valence electrons. The third kappa shape index (κ3) is 1.44. The maximum Gasteiger partial charge on any atom is 0.0855 e. The molecule has 0 aromatic heterocycles. The molecule has 0 bridgehead atoms. The van der Waals surface area contributed by atoms with E-state index in [1.54, 1.807) is 0 Å². The molecule has 0 amide bonds. The van der Waals surface area contributed by atoms with Gasteiger partial charge in [-0.2, -0.15) is 0 Å². The van der Waals surface area contributed by atoms with Crippen molar-refractivity contribution < 1.29 is 5.11 Å². The Morgan fingerprint density at radius 3 is 2.44 bits per heavy atom. The number of benzene rings is 1. The molecular weight excluding hydrogens is 198 g/mol. The fourth-order valence-electron chi connectivity index (χ4n) is 2.81. The summed E-state index contributed by atoms with van der Waals surface area (Å²) in [6, 6.07) is 6.27. The number of aliphatic hydroxyl groups excluding tert-OH is 1. The quantitative estimate of drug-likeness (QED) is 0.703. The summed E-state index contributed by atoms with van der Waals surface area (Å²) in [7, 11) is 0. The van der Waals surface area contributed by atoms with Gasteiger partial charge in [-0.15, -0.1) is 0 Å². The van der Waals surface area contributed by atoms with Gasteiger partial charge in [0.2, 0.25) is 0 Å². The van der Waals surface area contributed by atoms with Crippen molar-refractivity contribution in [2.45, 2.75) is 51.7 Å². The fourth-order valence-corrected chi connectivity index (χ4v) is 2.81. The van der Waals surface area contributed by atoms with Gasteiger partial charge in [0.05, 0.1) is 11.6 Å². The molecular formula is C14H21NO. The van der Waals surface area contributed by atoms with E-state index in [0.29, 0.717) is 0 Å². The molecule has 0 saturated carbocycles. The van der Waals surface area contributed by atoms with Crippen molar-refractivity contribution in [3.63, 3.8) is 0 Å². The van der Waals surface area contributed by atoms with Crippen LogP contribution in [-0.2, 0) is 5.41 Å². The average Bonchev–Trinajstić information content (AvgIpc) is 2.17. The first-order valence-corrected chi connectivity index (χ1v) is 5.83. The maximum atomic E-state index is 10.4. The van der Waals surface area contributed by atoms with Crippen molar-refractivity contribution in [1.29, 1.82) is 0 Å². The average molecular weight is 219 g/mol. The van der Waals surface area contributed by atoms with Crippen LogP contribution in [0.3, 0.4) is 0 Å². The number of para-hydroxylation sites is 1. The predicted octanol–water partition coefficient (Wildman–Crippen LogP) is 2.84. The Balaban J connectivity index is 2.66. The minimum atomic E-state index is -0.394. The van der Waals surface area contributed by atoms with Crippen molar-refractivity contribution in [3.05, 3.63) is 29.3 Å². The molecule has 1 aromatic carbocycles. The summed E-state index contributed by atoms with van der Waals surface area (Å²) < 4.78 is 0.